The van der Waals surface area contributed by atoms with Crippen molar-refractivity contribution in [1.29, 1.82) is 0 Å². The zero-order valence-corrected chi connectivity index (χ0v) is 18.3. The number of amides is 1. The van der Waals surface area contributed by atoms with Crippen molar-refractivity contribution in [3.63, 3.8) is 0 Å². The van der Waals surface area contributed by atoms with Crippen LogP contribution in [0.2, 0.25) is 0 Å². The van der Waals surface area contributed by atoms with E-state index < -0.39 is 22.4 Å². The van der Waals surface area contributed by atoms with Crippen LogP contribution in [0.15, 0.2) is 48.5 Å². The number of nitro benzene ring substituents is 1. The number of carbonyl (C=O) groups excluding carboxylic acids is 1. The number of nitrogens with zero attached hydrogens (tertiary/aromatic N) is 3. The number of rotatable bonds is 7. The minimum Gasteiger partial charge on any atom is -0.382 e. The second kappa shape index (κ2) is 9.88. The minimum absolute atomic E-state index is 0.0293. The molecule has 1 saturated heterocycles. The molecular formula is C23H25F3N4O4. The first kappa shape index (κ1) is 23.8. The number of carbonyl (C=O) groups is 1. The number of ether oxygens (including phenoxy) is 1. The molecule has 1 N–H and O–H groups in total. The largest absolute Gasteiger partial charge is 0.423 e. The van der Waals surface area contributed by atoms with Crippen LogP contribution in [0, 0.1) is 10.1 Å². The average Bonchev–Trinajstić information content (AvgIpc) is 2.80. The highest BCUT2D eigenvalue weighted by Crippen LogP contribution is 2.38. The number of benzene rings is 2. The van der Waals surface area contributed by atoms with Crippen molar-refractivity contribution < 1.29 is 27.6 Å². The van der Waals surface area contributed by atoms with Gasteiger partial charge < -0.3 is 19.9 Å². The fourth-order valence-corrected chi connectivity index (χ4v) is 4.20. The van der Waals surface area contributed by atoms with E-state index in [-0.39, 0.29) is 30.3 Å². The summed E-state index contributed by atoms with van der Waals surface area (Å²) < 4.78 is 45.1. The lowest BCUT2D eigenvalue weighted by molar-refractivity contribution is -0.388. The molecule has 2 aromatic carbocycles. The van der Waals surface area contributed by atoms with Crippen LogP contribution in [0.5, 0.6) is 0 Å². The lowest BCUT2D eigenvalue weighted by atomic mass is 9.89. The first-order valence-corrected chi connectivity index (χ1v) is 11.0. The van der Waals surface area contributed by atoms with Crippen molar-refractivity contribution in [1.82, 2.24) is 4.90 Å². The van der Waals surface area contributed by atoms with Gasteiger partial charge in [-0.1, -0.05) is 18.2 Å². The Morgan fingerprint density at radius 3 is 2.38 bits per heavy atom. The molecule has 2 aromatic rings. The SMILES string of the molecule is O=C(COC1CC(Nc2ccc([N+](=O)[O-])c(C(F)(F)F)c2)C1)N1CCN(c2ccccc2)CC1. The number of hydrogen-bond donors (Lipinski definition) is 1. The Morgan fingerprint density at radius 2 is 1.76 bits per heavy atom. The Labute approximate surface area is 194 Å². The third kappa shape index (κ3) is 5.58. The van der Waals surface area contributed by atoms with Gasteiger partial charge in [0.2, 0.25) is 5.91 Å². The molecule has 0 aromatic heterocycles. The maximum atomic E-state index is 13.1. The van der Waals surface area contributed by atoms with Crippen LogP contribution < -0.4 is 10.2 Å². The van der Waals surface area contributed by atoms with E-state index in [1.165, 1.54) is 6.07 Å². The normalized spacial score (nSPS) is 20.6. The molecule has 0 bridgehead atoms. The van der Waals surface area contributed by atoms with Gasteiger partial charge in [0.05, 0.1) is 11.0 Å². The fraction of sp³-hybridized carbons (Fsp3) is 0.435. The molecule has 0 atom stereocenters. The van der Waals surface area contributed by atoms with Crippen LogP contribution in [0.1, 0.15) is 18.4 Å². The minimum atomic E-state index is -4.82. The molecule has 11 heteroatoms. The van der Waals surface area contributed by atoms with Crippen LogP contribution in [0.25, 0.3) is 0 Å². The Balaban J connectivity index is 1.20. The molecule has 0 radical (unpaired) electrons. The Morgan fingerprint density at radius 1 is 1.09 bits per heavy atom. The molecule has 4 rings (SSSR count). The summed E-state index contributed by atoms with van der Waals surface area (Å²) >= 11 is 0. The van der Waals surface area contributed by atoms with Gasteiger partial charge in [-0.3, -0.25) is 14.9 Å². The molecular weight excluding hydrogens is 453 g/mol. The monoisotopic (exact) mass is 478 g/mol. The number of para-hydroxylation sites is 1. The van der Waals surface area contributed by atoms with Crippen molar-refractivity contribution >= 4 is 23.0 Å². The van der Waals surface area contributed by atoms with Gasteiger partial charge in [0, 0.05) is 49.7 Å². The van der Waals surface area contributed by atoms with Crippen molar-refractivity contribution in [2.24, 2.45) is 0 Å². The Bertz CT molecular complexity index is 1020. The number of alkyl halides is 3. The highest BCUT2D eigenvalue weighted by atomic mass is 19.4. The van der Waals surface area contributed by atoms with Gasteiger partial charge in [-0.2, -0.15) is 13.2 Å². The highest BCUT2D eigenvalue weighted by Gasteiger charge is 2.39. The zero-order valence-electron chi connectivity index (χ0n) is 18.3. The van der Waals surface area contributed by atoms with Gasteiger partial charge in [-0.05, 0) is 37.1 Å². The van der Waals surface area contributed by atoms with E-state index >= 15 is 0 Å². The van der Waals surface area contributed by atoms with Crippen LogP contribution in [-0.2, 0) is 15.7 Å². The summed E-state index contributed by atoms with van der Waals surface area (Å²) in [7, 11) is 0. The molecule has 1 aliphatic heterocycles. The quantitative estimate of drug-likeness (QED) is 0.480. The summed E-state index contributed by atoms with van der Waals surface area (Å²) in [5, 5.41) is 13.8. The summed E-state index contributed by atoms with van der Waals surface area (Å²) in [5.41, 5.74) is -0.966. The van der Waals surface area contributed by atoms with E-state index in [1.807, 2.05) is 30.3 Å². The summed E-state index contributed by atoms with van der Waals surface area (Å²) in [5.74, 6) is -0.0747. The second-order valence-corrected chi connectivity index (χ2v) is 8.44. The summed E-state index contributed by atoms with van der Waals surface area (Å²) in [6, 6.07) is 12.8. The summed E-state index contributed by atoms with van der Waals surface area (Å²) in [4.78, 5) is 26.3. The summed E-state index contributed by atoms with van der Waals surface area (Å²) in [6.07, 6.45) is -3.91. The van der Waals surface area contributed by atoms with Crippen LogP contribution in [0.3, 0.4) is 0 Å². The van der Waals surface area contributed by atoms with Crippen molar-refractivity contribution in [3.8, 4) is 0 Å². The number of anilines is 2. The molecule has 1 amide bonds. The van der Waals surface area contributed by atoms with E-state index in [4.69, 9.17) is 4.74 Å². The topological polar surface area (TPSA) is 87.9 Å². The average molecular weight is 478 g/mol. The molecule has 182 valence electrons. The van der Waals surface area contributed by atoms with Crippen LogP contribution >= 0.6 is 0 Å². The number of halogens is 3. The van der Waals surface area contributed by atoms with Crippen LogP contribution in [-0.4, -0.2) is 60.7 Å². The third-order valence-electron chi connectivity index (χ3n) is 6.16. The predicted molar refractivity (Wildman–Crippen MR) is 120 cm³/mol. The summed E-state index contributed by atoms with van der Waals surface area (Å²) in [6.45, 7) is 2.71. The van der Waals surface area contributed by atoms with Gasteiger partial charge in [-0.15, -0.1) is 0 Å². The van der Waals surface area contributed by atoms with Crippen molar-refractivity contribution in [3.05, 3.63) is 64.2 Å². The Hall–Kier alpha value is -3.34. The first-order valence-electron chi connectivity index (χ1n) is 11.0. The van der Waals surface area contributed by atoms with Gasteiger partial charge in [0.1, 0.15) is 12.2 Å². The highest BCUT2D eigenvalue weighted by molar-refractivity contribution is 5.77. The maximum absolute atomic E-state index is 13.1. The smallest absolute Gasteiger partial charge is 0.382 e. The maximum Gasteiger partial charge on any atom is 0.423 e. The van der Waals surface area contributed by atoms with Crippen LogP contribution in [0.4, 0.5) is 30.2 Å². The van der Waals surface area contributed by atoms with Gasteiger partial charge in [-0.25, -0.2) is 0 Å². The molecule has 8 nitrogen and oxygen atoms in total. The molecule has 1 heterocycles. The number of nitro groups is 1. The van der Waals surface area contributed by atoms with E-state index in [0.29, 0.717) is 25.9 Å². The molecule has 0 unspecified atom stereocenters. The molecule has 1 aliphatic carbocycles. The third-order valence-corrected chi connectivity index (χ3v) is 6.16. The van der Waals surface area contributed by atoms with Crippen molar-refractivity contribution in [2.45, 2.75) is 31.2 Å². The Kier molecular flexibility index (Phi) is 6.92. The fourth-order valence-electron chi connectivity index (χ4n) is 4.20. The molecule has 2 aliphatic rings. The molecule has 34 heavy (non-hydrogen) atoms. The first-order chi connectivity index (χ1) is 16.2. The van der Waals surface area contributed by atoms with E-state index in [1.54, 1.807) is 4.90 Å². The lowest BCUT2D eigenvalue weighted by Gasteiger charge is -2.38. The number of hydrogen-bond acceptors (Lipinski definition) is 6. The number of nitrogens with one attached hydrogen (secondary N) is 1. The predicted octanol–water partition coefficient (Wildman–Crippen LogP) is 3.92. The second-order valence-electron chi connectivity index (χ2n) is 8.44. The molecule has 0 spiro atoms. The van der Waals surface area contributed by atoms with E-state index in [9.17, 15) is 28.1 Å². The van der Waals surface area contributed by atoms with Gasteiger partial charge in [0.15, 0.2) is 0 Å². The van der Waals surface area contributed by atoms with E-state index in [2.05, 4.69) is 10.2 Å². The van der Waals surface area contributed by atoms with Gasteiger partial charge in [0.25, 0.3) is 5.69 Å². The van der Waals surface area contributed by atoms with E-state index in [0.717, 1.165) is 30.9 Å². The van der Waals surface area contributed by atoms with Crippen molar-refractivity contribution in [2.75, 3.05) is 43.0 Å². The molecule has 1 saturated carbocycles. The lowest BCUT2D eigenvalue weighted by Crippen LogP contribution is -2.50. The number of piperazine rings is 1. The zero-order chi connectivity index (χ0) is 24.3. The standard InChI is InChI=1S/C23H25F3N4O4/c24-23(25,26)20-14-16(6-7-21(20)30(32)33)27-17-12-19(13-17)34-15-22(31)29-10-8-28(9-11-29)18-4-2-1-3-5-18/h1-7,14,17,19,27H,8-13,15H2. The molecule has 2 fully saturated rings. The van der Waals surface area contributed by atoms with Gasteiger partial charge >= 0.3 is 6.18 Å².